The van der Waals surface area contributed by atoms with Gasteiger partial charge in [-0.2, -0.15) is 0 Å². The number of nitrogens with zero attached hydrogens (tertiary/aromatic N) is 2. The average molecular weight is 1040 g/mol. The van der Waals surface area contributed by atoms with Gasteiger partial charge in [0.25, 0.3) is 23.6 Å². The Morgan fingerprint density at radius 1 is 0.459 bits per heavy atom. The smallest absolute Gasteiger partial charge is 0.407 e. The van der Waals surface area contributed by atoms with Gasteiger partial charge in [0.15, 0.2) is 23.0 Å². The van der Waals surface area contributed by atoms with E-state index in [0.29, 0.717) is 65.0 Å². The highest BCUT2D eigenvalue weighted by molar-refractivity contribution is 6.04. The summed E-state index contributed by atoms with van der Waals surface area (Å²) in [6.07, 6.45) is 4.95. The number of ether oxygens (including phenoxy) is 6. The van der Waals surface area contributed by atoms with E-state index in [2.05, 4.69) is 31.9 Å². The minimum absolute atomic E-state index is 0.164. The zero-order chi connectivity index (χ0) is 54.5. The van der Waals surface area contributed by atoms with E-state index >= 15 is 0 Å². The van der Waals surface area contributed by atoms with Crippen molar-refractivity contribution in [2.24, 2.45) is 0 Å². The van der Waals surface area contributed by atoms with Crippen molar-refractivity contribution in [3.63, 3.8) is 0 Å². The van der Waals surface area contributed by atoms with Gasteiger partial charge in [0.05, 0.1) is 48.7 Å². The van der Waals surface area contributed by atoms with Gasteiger partial charge in [0.2, 0.25) is 0 Å². The Balaban J connectivity index is 2.10. The van der Waals surface area contributed by atoms with Crippen molar-refractivity contribution >= 4 is 35.8 Å². The van der Waals surface area contributed by atoms with Crippen LogP contribution in [0.3, 0.4) is 0 Å². The summed E-state index contributed by atoms with van der Waals surface area (Å²) in [5, 5.41) is 17.6. The van der Waals surface area contributed by atoms with Crippen LogP contribution in [0.25, 0.3) is 0 Å². The van der Waals surface area contributed by atoms with Crippen LogP contribution in [0.1, 0.15) is 162 Å². The van der Waals surface area contributed by atoms with E-state index < -0.39 is 47.0 Å². The molecule has 0 saturated carbocycles. The lowest BCUT2D eigenvalue weighted by atomic mass is 10.1. The van der Waals surface area contributed by atoms with E-state index in [4.69, 9.17) is 28.4 Å². The molecule has 0 atom stereocenters. The number of benzene rings is 2. The minimum Gasteiger partial charge on any atom is -0.489 e. The van der Waals surface area contributed by atoms with Gasteiger partial charge in [-0.15, -0.1) is 0 Å². The van der Waals surface area contributed by atoms with Gasteiger partial charge >= 0.3 is 12.2 Å². The lowest BCUT2D eigenvalue weighted by Crippen LogP contribution is -2.44. The Labute approximate surface area is 439 Å². The maximum atomic E-state index is 14.1. The number of nitrogens with one attached hydrogen (secondary N) is 6. The Hall–Kier alpha value is -6.02. The number of carbonyl (C=O) groups is 6. The molecule has 0 aromatic heterocycles. The highest BCUT2D eigenvalue weighted by atomic mass is 16.6. The normalized spacial score (nSPS) is 15.1. The fraction of sp³-hybridized carbons (Fsp3) is 0.667. The molecule has 0 fully saturated rings. The Bertz CT molecular complexity index is 1830. The third-order valence-electron chi connectivity index (χ3n) is 11.2. The number of hydrogen-bond acceptors (Lipinski definition) is 14. The Morgan fingerprint density at radius 2 is 0.703 bits per heavy atom. The molecule has 0 saturated heterocycles. The molecule has 6 amide bonds. The highest BCUT2D eigenvalue weighted by Crippen LogP contribution is 2.37. The number of alkyl carbamates (subject to hydrolysis) is 2. The third-order valence-corrected chi connectivity index (χ3v) is 11.2. The number of carbonyl (C=O) groups excluding carboxylic acids is 6. The van der Waals surface area contributed by atoms with Crippen LogP contribution in [0, 0.1) is 0 Å². The summed E-state index contributed by atoms with van der Waals surface area (Å²) < 4.78 is 36.0. The molecule has 2 aromatic rings. The molecular formula is C54H88N8O12. The van der Waals surface area contributed by atoms with E-state index in [1.54, 1.807) is 65.8 Å². The van der Waals surface area contributed by atoms with Crippen molar-refractivity contribution in [1.29, 1.82) is 0 Å². The Kier molecular flexibility index (Phi) is 27.8. The topological polar surface area (TPSA) is 236 Å². The first kappa shape index (κ1) is 62.3. The van der Waals surface area contributed by atoms with Gasteiger partial charge < -0.3 is 60.3 Å². The first-order chi connectivity index (χ1) is 35.3. The summed E-state index contributed by atoms with van der Waals surface area (Å²) in [5.74, 6) is -1.10. The molecule has 6 N–H and O–H groups in total. The molecule has 2 aromatic carbocycles. The predicted octanol–water partition coefficient (Wildman–Crippen LogP) is 6.69. The van der Waals surface area contributed by atoms with Crippen LogP contribution in [-0.2, 0) is 9.47 Å². The van der Waals surface area contributed by atoms with Crippen LogP contribution in [0.5, 0.6) is 23.0 Å². The summed E-state index contributed by atoms with van der Waals surface area (Å²) in [6.45, 7) is 23.0. The molecule has 0 unspecified atom stereocenters. The van der Waals surface area contributed by atoms with Crippen molar-refractivity contribution in [3.8, 4) is 23.0 Å². The quantitative estimate of drug-likeness (QED) is 0.0675. The number of unbranched alkanes of at least 4 members (excludes halogenated alkanes) is 4. The van der Waals surface area contributed by atoms with Crippen molar-refractivity contribution in [2.45, 2.75) is 132 Å². The standard InChI is InChI=1S/C54H88N8O12/c1-11-15-35-69-43-39-19-20-40(44(43)70-36-16-12-2)48(64)56-24-30-62(34-28-60-52(68)74-54(8,9)10)32-26-58-50(66)42-22-21-41(45(71-37-17-13-3)46(42)72-38-18-14-4)49(65)57-25-31-61(29-23-55-47(39)63)33-27-59-51(67)73-53(5,6)7/h19-22H,11-18,23-38H2,1-10H3,(H,55,63)(H,56,64)(H,57,65)(H,58,66)(H,59,67)(H,60,68). The molecule has 4 aliphatic heterocycles. The minimum atomic E-state index is -0.691. The molecule has 4 heterocycles. The maximum Gasteiger partial charge on any atom is 0.407 e. The molecule has 74 heavy (non-hydrogen) atoms. The first-order valence-corrected chi connectivity index (χ1v) is 26.7. The maximum absolute atomic E-state index is 14.1. The second-order valence-corrected chi connectivity index (χ2v) is 20.0. The second-order valence-electron chi connectivity index (χ2n) is 20.0. The fourth-order valence-electron chi connectivity index (χ4n) is 7.31. The monoisotopic (exact) mass is 1040 g/mol. The van der Waals surface area contributed by atoms with E-state index in [-0.39, 0.29) is 111 Å². The van der Waals surface area contributed by atoms with Crippen molar-refractivity contribution in [1.82, 2.24) is 41.7 Å². The van der Waals surface area contributed by atoms with Crippen molar-refractivity contribution < 1.29 is 57.2 Å². The van der Waals surface area contributed by atoms with Crippen LogP contribution in [0.15, 0.2) is 24.3 Å². The van der Waals surface area contributed by atoms with Gasteiger partial charge in [-0.3, -0.25) is 29.0 Å². The summed E-state index contributed by atoms with van der Waals surface area (Å²) in [7, 11) is 0. The number of hydrogen-bond donors (Lipinski definition) is 6. The SMILES string of the molecule is CCCCOc1c2ccc(c1OCCCC)C(=O)NCCN(CCNC(=O)OC(C)(C)C)CCNC(=O)c1ccc(c(OCCCC)c1OCCCC)C(=O)NCCN(CCNC(=O)OC(C)(C)C)CCNC2=O. The van der Waals surface area contributed by atoms with Crippen LogP contribution in [0.2, 0.25) is 0 Å². The van der Waals surface area contributed by atoms with E-state index in [1.165, 1.54) is 0 Å². The lowest BCUT2D eigenvalue weighted by Gasteiger charge is -2.25. The zero-order valence-corrected chi connectivity index (χ0v) is 46.1. The van der Waals surface area contributed by atoms with Crippen LogP contribution in [0.4, 0.5) is 9.59 Å². The van der Waals surface area contributed by atoms with Gasteiger partial charge in [-0.25, -0.2) is 9.59 Å². The molecule has 0 spiro atoms. The highest BCUT2D eigenvalue weighted by Gasteiger charge is 2.28. The van der Waals surface area contributed by atoms with Crippen molar-refractivity contribution in [3.05, 3.63) is 46.5 Å². The Morgan fingerprint density at radius 3 is 0.919 bits per heavy atom. The van der Waals surface area contributed by atoms with Crippen LogP contribution in [-0.4, -0.2) is 162 Å². The molecule has 20 heteroatoms. The van der Waals surface area contributed by atoms with E-state index in [1.807, 2.05) is 37.5 Å². The van der Waals surface area contributed by atoms with E-state index in [0.717, 1.165) is 25.7 Å². The molecule has 6 rings (SSSR count). The van der Waals surface area contributed by atoms with Gasteiger partial charge in [-0.1, -0.05) is 53.4 Å². The molecule has 0 radical (unpaired) electrons. The molecule has 4 aliphatic rings. The summed E-state index contributed by atoms with van der Waals surface area (Å²) in [5.41, 5.74) is -0.595. The number of amides is 6. The summed E-state index contributed by atoms with van der Waals surface area (Å²) >= 11 is 0. The first-order valence-electron chi connectivity index (χ1n) is 26.7. The van der Waals surface area contributed by atoms with E-state index in [9.17, 15) is 28.8 Å². The van der Waals surface area contributed by atoms with Crippen LogP contribution < -0.4 is 50.8 Å². The van der Waals surface area contributed by atoms with Gasteiger partial charge in [0, 0.05) is 78.5 Å². The lowest BCUT2D eigenvalue weighted by molar-refractivity contribution is 0.0510. The molecule has 4 bridgehead atoms. The second kappa shape index (κ2) is 33.0. The molecular weight excluding hydrogens is 953 g/mol. The summed E-state index contributed by atoms with van der Waals surface area (Å²) in [6, 6.07) is 6.24. The predicted molar refractivity (Wildman–Crippen MR) is 285 cm³/mol. The fourth-order valence-corrected chi connectivity index (χ4v) is 7.31. The zero-order valence-electron chi connectivity index (χ0n) is 46.1. The number of rotatable bonds is 22. The third kappa shape index (κ3) is 23.0. The van der Waals surface area contributed by atoms with Gasteiger partial charge in [0.1, 0.15) is 11.2 Å². The largest absolute Gasteiger partial charge is 0.489 e. The van der Waals surface area contributed by atoms with Crippen molar-refractivity contribution in [2.75, 3.05) is 105 Å². The molecule has 20 nitrogen and oxygen atoms in total. The van der Waals surface area contributed by atoms with Crippen LogP contribution >= 0.6 is 0 Å². The average Bonchev–Trinajstić information content (AvgIpc) is 3.32. The molecule has 0 aliphatic carbocycles. The van der Waals surface area contributed by atoms with Gasteiger partial charge in [-0.05, 0) is 91.5 Å². The molecule has 416 valence electrons. The summed E-state index contributed by atoms with van der Waals surface area (Å²) in [4.78, 5) is 85.7.